The molecule has 0 radical (unpaired) electrons. The lowest BCUT2D eigenvalue weighted by atomic mass is 10.3. The highest BCUT2D eigenvalue weighted by atomic mass is 32.2. The molecule has 0 amide bonds. The summed E-state index contributed by atoms with van der Waals surface area (Å²) in [5, 5.41) is 3.95. The number of likely N-dealkylation sites (N-methyl/N-ethyl adjacent to an activating group) is 1. The van der Waals surface area contributed by atoms with Crippen molar-refractivity contribution >= 4 is 10.0 Å². The summed E-state index contributed by atoms with van der Waals surface area (Å²) in [6.45, 7) is 6.09. The second kappa shape index (κ2) is 6.99. The lowest BCUT2D eigenvalue weighted by Crippen LogP contribution is -2.36. The molecule has 7 nitrogen and oxygen atoms in total. The van der Waals surface area contributed by atoms with Crippen LogP contribution in [0.15, 0.2) is 17.3 Å². The molecule has 3 N–H and O–H groups in total. The third-order valence-electron chi connectivity index (χ3n) is 2.92. The molecule has 110 valence electrons. The molecule has 0 saturated heterocycles. The first-order valence-corrected chi connectivity index (χ1v) is 7.77. The molecule has 8 heteroatoms. The smallest absolute Gasteiger partial charge is 0.243 e. The van der Waals surface area contributed by atoms with E-state index in [0.717, 1.165) is 0 Å². The van der Waals surface area contributed by atoms with Crippen LogP contribution in [0.3, 0.4) is 0 Å². The maximum absolute atomic E-state index is 12.0. The Morgan fingerprint density at radius 2 is 2.21 bits per heavy atom. The largest absolute Gasteiger partial charge is 0.329 e. The van der Waals surface area contributed by atoms with Crippen molar-refractivity contribution in [2.45, 2.75) is 31.3 Å². The second-order valence-corrected chi connectivity index (χ2v) is 6.47. The van der Waals surface area contributed by atoms with Crippen molar-refractivity contribution in [3.05, 3.63) is 12.4 Å². The van der Waals surface area contributed by atoms with Gasteiger partial charge in [-0.15, -0.1) is 0 Å². The highest BCUT2D eigenvalue weighted by Gasteiger charge is 2.16. The fourth-order valence-electron chi connectivity index (χ4n) is 1.44. The van der Waals surface area contributed by atoms with Gasteiger partial charge in [-0.25, -0.2) is 13.1 Å². The van der Waals surface area contributed by atoms with Gasteiger partial charge < -0.3 is 10.6 Å². The van der Waals surface area contributed by atoms with Gasteiger partial charge >= 0.3 is 0 Å². The van der Waals surface area contributed by atoms with Gasteiger partial charge in [-0.2, -0.15) is 5.10 Å². The molecule has 0 unspecified atom stereocenters. The number of nitrogens with one attached hydrogen (secondary N) is 1. The van der Waals surface area contributed by atoms with Gasteiger partial charge in [-0.3, -0.25) is 4.68 Å². The Hall–Kier alpha value is -0.960. The average Bonchev–Trinajstić information content (AvgIpc) is 2.78. The van der Waals surface area contributed by atoms with Crippen LogP contribution in [0.4, 0.5) is 0 Å². The summed E-state index contributed by atoms with van der Waals surface area (Å²) in [5.41, 5.74) is 5.39. The lowest BCUT2D eigenvalue weighted by Gasteiger charge is -2.20. The van der Waals surface area contributed by atoms with E-state index in [4.69, 9.17) is 5.73 Å². The molecular weight excluding hydrogens is 266 g/mol. The van der Waals surface area contributed by atoms with Gasteiger partial charge in [0.15, 0.2) is 0 Å². The monoisotopic (exact) mass is 289 g/mol. The van der Waals surface area contributed by atoms with Crippen molar-refractivity contribution in [1.82, 2.24) is 19.4 Å². The Balaban J connectivity index is 2.55. The highest BCUT2D eigenvalue weighted by Crippen LogP contribution is 2.06. The normalized spacial score (nSPS) is 12.5. The third-order valence-corrected chi connectivity index (χ3v) is 4.33. The molecule has 1 aromatic rings. The summed E-state index contributed by atoms with van der Waals surface area (Å²) >= 11 is 0. The minimum atomic E-state index is -3.48. The summed E-state index contributed by atoms with van der Waals surface area (Å²) < 4.78 is 28.1. The van der Waals surface area contributed by atoms with Gasteiger partial charge in [0.1, 0.15) is 4.90 Å². The predicted molar refractivity (Wildman–Crippen MR) is 74.2 cm³/mol. The van der Waals surface area contributed by atoms with E-state index in [-0.39, 0.29) is 4.90 Å². The second-order valence-electron chi connectivity index (χ2n) is 4.70. The maximum atomic E-state index is 12.0. The van der Waals surface area contributed by atoms with E-state index in [9.17, 15) is 8.42 Å². The Labute approximate surface area is 114 Å². The van der Waals surface area contributed by atoms with Gasteiger partial charge in [-0.1, -0.05) is 0 Å². The Bertz CT molecular complexity index is 483. The van der Waals surface area contributed by atoms with Crippen molar-refractivity contribution in [3.8, 4) is 0 Å². The Kier molecular flexibility index (Phi) is 5.92. The number of hydrogen-bond donors (Lipinski definition) is 2. The molecule has 0 spiro atoms. The van der Waals surface area contributed by atoms with Crippen LogP contribution < -0.4 is 10.5 Å². The molecule has 0 aliphatic heterocycles. The zero-order valence-corrected chi connectivity index (χ0v) is 12.5. The number of rotatable bonds is 8. The van der Waals surface area contributed by atoms with Crippen LogP contribution in [0.2, 0.25) is 0 Å². The van der Waals surface area contributed by atoms with E-state index in [0.29, 0.717) is 32.2 Å². The number of sulfonamides is 1. The average molecular weight is 289 g/mol. The van der Waals surface area contributed by atoms with E-state index in [1.165, 1.54) is 17.1 Å². The fraction of sp³-hybridized carbons (Fsp3) is 0.727. The predicted octanol–water partition coefficient (Wildman–Crippen LogP) is -0.540. The Morgan fingerprint density at radius 1 is 1.53 bits per heavy atom. The van der Waals surface area contributed by atoms with E-state index in [2.05, 4.69) is 28.6 Å². The zero-order valence-electron chi connectivity index (χ0n) is 11.7. The van der Waals surface area contributed by atoms with Crippen molar-refractivity contribution in [2.24, 2.45) is 5.73 Å². The quantitative estimate of drug-likeness (QED) is 0.670. The molecule has 0 aliphatic rings. The molecule has 1 aromatic heterocycles. The summed E-state index contributed by atoms with van der Waals surface area (Å²) in [6, 6.07) is 0.386. The fourth-order valence-corrected chi connectivity index (χ4v) is 2.41. The van der Waals surface area contributed by atoms with Gasteiger partial charge in [0.2, 0.25) is 10.0 Å². The summed E-state index contributed by atoms with van der Waals surface area (Å²) in [5.74, 6) is 0. The molecule has 0 saturated carbocycles. The summed E-state index contributed by atoms with van der Waals surface area (Å²) in [6.07, 6.45) is 2.82. The number of nitrogens with two attached hydrogens (primary N) is 1. The standard InChI is InChI=1S/C11H23N5O2S/c1-10(2)15(3)7-5-14-19(17,18)11-8-13-16(9-11)6-4-12/h8-10,14H,4-7,12H2,1-3H3. The van der Waals surface area contributed by atoms with Gasteiger partial charge in [-0.05, 0) is 20.9 Å². The number of nitrogens with zero attached hydrogens (tertiary/aromatic N) is 3. The lowest BCUT2D eigenvalue weighted by molar-refractivity contribution is 0.278. The van der Waals surface area contributed by atoms with E-state index >= 15 is 0 Å². The Morgan fingerprint density at radius 3 is 2.79 bits per heavy atom. The minimum absolute atomic E-state index is 0.174. The zero-order chi connectivity index (χ0) is 14.5. The van der Waals surface area contributed by atoms with Crippen LogP contribution in [0, 0.1) is 0 Å². The van der Waals surface area contributed by atoms with Gasteiger partial charge in [0.25, 0.3) is 0 Å². The molecule has 0 atom stereocenters. The van der Waals surface area contributed by atoms with E-state index < -0.39 is 10.0 Å². The highest BCUT2D eigenvalue weighted by molar-refractivity contribution is 7.89. The van der Waals surface area contributed by atoms with Crippen molar-refractivity contribution in [3.63, 3.8) is 0 Å². The number of aromatic nitrogens is 2. The van der Waals surface area contributed by atoms with Crippen molar-refractivity contribution in [1.29, 1.82) is 0 Å². The van der Waals surface area contributed by atoms with E-state index in [1.807, 2.05) is 7.05 Å². The van der Waals surface area contributed by atoms with Crippen LogP contribution in [-0.4, -0.2) is 55.8 Å². The topological polar surface area (TPSA) is 93.2 Å². The SMILES string of the molecule is CC(C)N(C)CCNS(=O)(=O)c1cnn(CCN)c1. The van der Waals surface area contributed by atoms with Crippen LogP contribution in [0.5, 0.6) is 0 Å². The first-order valence-electron chi connectivity index (χ1n) is 6.29. The van der Waals surface area contributed by atoms with Crippen LogP contribution in [-0.2, 0) is 16.6 Å². The molecule has 1 rings (SSSR count). The van der Waals surface area contributed by atoms with Gasteiger partial charge in [0.05, 0.1) is 12.7 Å². The first kappa shape index (κ1) is 16.1. The van der Waals surface area contributed by atoms with Gasteiger partial charge in [0, 0.05) is 31.9 Å². The molecule has 1 heterocycles. The number of hydrogen-bond acceptors (Lipinski definition) is 5. The molecule has 19 heavy (non-hydrogen) atoms. The molecule has 0 fully saturated rings. The van der Waals surface area contributed by atoms with Crippen LogP contribution in [0.1, 0.15) is 13.8 Å². The molecule has 0 bridgehead atoms. The minimum Gasteiger partial charge on any atom is -0.329 e. The maximum Gasteiger partial charge on any atom is 0.243 e. The molecule has 0 aromatic carbocycles. The van der Waals surface area contributed by atoms with Crippen LogP contribution in [0.25, 0.3) is 0 Å². The first-order chi connectivity index (χ1) is 8.86. The van der Waals surface area contributed by atoms with E-state index in [1.54, 1.807) is 0 Å². The van der Waals surface area contributed by atoms with Crippen molar-refractivity contribution in [2.75, 3.05) is 26.7 Å². The van der Waals surface area contributed by atoms with Crippen LogP contribution >= 0.6 is 0 Å². The molecular formula is C11H23N5O2S. The third kappa shape index (κ3) is 4.90. The summed E-state index contributed by atoms with van der Waals surface area (Å²) in [7, 11) is -1.52. The van der Waals surface area contributed by atoms with Crippen molar-refractivity contribution < 1.29 is 8.42 Å². The summed E-state index contributed by atoms with van der Waals surface area (Å²) in [4.78, 5) is 2.24. The molecule has 0 aliphatic carbocycles.